The van der Waals surface area contributed by atoms with Crippen molar-refractivity contribution in [2.24, 2.45) is 0 Å². The molecule has 1 aromatic heterocycles. The Morgan fingerprint density at radius 1 is 1.67 bits per heavy atom. The normalized spacial score (nSPS) is 12.4. The maximum atomic E-state index is 11.1. The monoisotopic (exact) mass is 227 g/mol. The second-order valence-corrected chi connectivity index (χ2v) is 4.18. The first kappa shape index (κ1) is 12.1. The van der Waals surface area contributed by atoms with Crippen LogP contribution in [0.2, 0.25) is 0 Å². The third-order valence-electron chi connectivity index (χ3n) is 2.00. The molecule has 1 heterocycles. The first-order valence-corrected chi connectivity index (χ1v) is 6.01. The van der Waals surface area contributed by atoms with E-state index in [0.29, 0.717) is 19.5 Å². The van der Waals surface area contributed by atoms with E-state index < -0.39 is 0 Å². The van der Waals surface area contributed by atoms with Gasteiger partial charge >= 0.3 is 0 Å². The molecule has 0 fully saturated rings. The van der Waals surface area contributed by atoms with E-state index >= 15 is 0 Å². The Bertz CT molecular complexity index is 287. The average molecular weight is 227 g/mol. The highest BCUT2D eigenvalue weighted by molar-refractivity contribution is 7.09. The number of hydrogen-bond acceptors (Lipinski definition) is 4. The number of carbonyl (C=O) groups excluding carboxylic acids is 1. The summed E-state index contributed by atoms with van der Waals surface area (Å²) in [5.74, 6) is 0.0938. The van der Waals surface area contributed by atoms with Gasteiger partial charge in [-0.15, -0.1) is 11.3 Å². The minimum absolute atomic E-state index is 0.0938. The van der Waals surface area contributed by atoms with Crippen molar-refractivity contribution in [3.05, 3.63) is 16.6 Å². The number of rotatable bonds is 6. The summed E-state index contributed by atoms with van der Waals surface area (Å²) in [5.41, 5.74) is 0. The largest absolute Gasteiger partial charge is 0.356 e. The predicted octanol–water partition coefficient (Wildman–Crippen LogP) is 1.32. The van der Waals surface area contributed by atoms with Gasteiger partial charge in [0, 0.05) is 31.1 Å². The number of hydrogen-bond donors (Lipinski definition) is 2. The summed E-state index contributed by atoms with van der Waals surface area (Å²) < 4.78 is 0. The van der Waals surface area contributed by atoms with Gasteiger partial charge in [-0.2, -0.15) is 0 Å². The number of amides is 1. The van der Waals surface area contributed by atoms with Crippen molar-refractivity contribution >= 4 is 17.2 Å². The third kappa shape index (κ3) is 4.40. The van der Waals surface area contributed by atoms with Gasteiger partial charge in [-0.1, -0.05) is 0 Å². The van der Waals surface area contributed by atoms with Gasteiger partial charge in [-0.05, 0) is 13.8 Å². The van der Waals surface area contributed by atoms with Crippen LogP contribution in [0.3, 0.4) is 0 Å². The zero-order valence-electron chi connectivity index (χ0n) is 9.12. The van der Waals surface area contributed by atoms with Crippen LogP contribution in [0.4, 0.5) is 0 Å². The molecule has 0 radical (unpaired) electrons. The molecule has 1 atom stereocenters. The molecular formula is C10H17N3OS. The second kappa shape index (κ2) is 6.53. The van der Waals surface area contributed by atoms with Crippen LogP contribution in [0.5, 0.6) is 0 Å². The molecule has 1 amide bonds. The van der Waals surface area contributed by atoms with Crippen LogP contribution in [-0.2, 0) is 4.79 Å². The SMILES string of the molecule is CCNC(=O)CCNC(C)c1nccs1. The van der Waals surface area contributed by atoms with E-state index in [-0.39, 0.29) is 11.9 Å². The van der Waals surface area contributed by atoms with E-state index in [0.717, 1.165) is 5.01 Å². The summed E-state index contributed by atoms with van der Waals surface area (Å²) in [4.78, 5) is 15.4. The van der Waals surface area contributed by atoms with Gasteiger partial charge in [-0.25, -0.2) is 4.98 Å². The Morgan fingerprint density at radius 3 is 3.07 bits per heavy atom. The molecule has 0 saturated carbocycles. The molecule has 15 heavy (non-hydrogen) atoms. The van der Waals surface area contributed by atoms with Crippen LogP contribution < -0.4 is 10.6 Å². The maximum absolute atomic E-state index is 11.1. The summed E-state index contributed by atoms with van der Waals surface area (Å²) in [5, 5.41) is 9.04. The summed E-state index contributed by atoms with van der Waals surface area (Å²) in [6.45, 7) is 5.35. The minimum Gasteiger partial charge on any atom is -0.356 e. The van der Waals surface area contributed by atoms with Gasteiger partial charge in [-0.3, -0.25) is 4.79 Å². The first-order valence-electron chi connectivity index (χ1n) is 5.13. The molecule has 0 aliphatic carbocycles. The van der Waals surface area contributed by atoms with Gasteiger partial charge < -0.3 is 10.6 Å². The zero-order valence-corrected chi connectivity index (χ0v) is 9.93. The lowest BCUT2D eigenvalue weighted by atomic mass is 10.3. The van der Waals surface area contributed by atoms with Crippen LogP contribution >= 0.6 is 11.3 Å². The molecule has 5 heteroatoms. The minimum atomic E-state index is 0.0938. The quantitative estimate of drug-likeness (QED) is 0.770. The van der Waals surface area contributed by atoms with Gasteiger partial charge in [0.1, 0.15) is 5.01 Å². The second-order valence-electron chi connectivity index (χ2n) is 3.25. The van der Waals surface area contributed by atoms with Crippen molar-refractivity contribution in [3.8, 4) is 0 Å². The zero-order chi connectivity index (χ0) is 11.1. The number of nitrogens with one attached hydrogen (secondary N) is 2. The molecule has 0 bridgehead atoms. The van der Waals surface area contributed by atoms with E-state index in [1.165, 1.54) is 0 Å². The Morgan fingerprint density at radius 2 is 2.47 bits per heavy atom. The third-order valence-corrected chi connectivity index (χ3v) is 2.96. The number of carbonyl (C=O) groups is 1. The van der Waals surface area contributed by atoms with Crippen molar-refractivity contribution in [1.82, 2.24) is 15.6 Å². The molecule has 2 N–H and O–H groups in total. The van der Waals surface area contributed by atoms with Crippen molar-refractivity contribution in [2.75, 3.05) is 13.1 Å². The Labute approximate surface area is 94.1 Å². The molecule has 84 valence electrons. The lowest BCUT2D eigenvalue weighted by Crippen LogP contribution is -2.28. The lowest BCUT2D eigenvalue weighted by molar-refractivity contribution is -0.120. The average Bonchev–Trinajstić information content (AvgIpc) is 2.70. The highest BCUT2D eigenvalue weighted by Crippen LogP contribution is 2.14. The van der Waals surface area contributed by atoms with Crippen molar-refractivity contribution < 1.29 is 4.79 Å². The van der Waals surface area contributed by atoms with E-state index in [9.17, 15) is 4.79 Å². The summed E-state index contributed by atoms with van der Waals surface area (Å²) in [7, 11) is 0. The van der Waals surface area contributed by atoms with Crippen molar-refractivity contribution in [1.29, 1.82) is 0 Å². The smallest absolute Gasteiger partial charge is 0.221 e. The molecule has 4 nitrogen and oxygen atoms in total. The molecule has 1 rings (SSSR count). The van der Waals surface area contributed by atoms with Gasteiger partial charge in [0.25, 0.3) is 0 Å². The van der Waals surface area contributed by atoms with E-state index in [4.69, 9.17) is 0 Å². The van der Waals surface area contributed by atoms with Gasteiger partial charge in [0.15, 0.2) is 0 Å². The molecular weight excluding hydrogens is 210 g/mol. The highest BCUT2D eigenvalue weighted by Gasteiger charge is 2.07. The fraction of sp³-hybridized carbons (Fsp3) is 0.600. The Kier molecular flexibility index (Phi) is 5.28. The standard InChI is InChI=1S/C10H17N3OS/c1-3-11-9(14)4-5-12-8(2)10-13-6-7-15-10/h6-8,12H,3-5H2,1-2H3,(H,11,14). The Hall–Kier alpha value is -0.940. The number of aromatic nitrogens is 1. The van der Waals surface area contributed by atoms with Crippen LogP contribution in [0, 0.1) is 0 Å². The summed E-state index contributed by atoms with van der Waals surface area (Å²) >= 11 is 1.63. The van der Waals surface area contributed by atoms with Crippen LogP contribution in [0.25, 0.3) is 0 Å². The van der Waals surface area contributed by atoms with Gasteiger partial charge in [0.05, 0.1) is 6.04 Å². The van der Waals surface area contributed by atoms with Crippen LogP contribution in [0.1, 0.15) is 31.3 Å². The molecule has 0 aliphatic heterocycles. The van der Waals surface area contributed by atoms with E-state index in [1.54, 1.807) is 17.5 Å². The fourth-order valence-corrected chi connectivity index (χ4v) is 1.89. The molecule has 0 aliphatic rings. The maximum Gasteiger partial charge on any atom is 0.221 e. The Balaban J connectivity index is 2.18. The van der Waals surface area contributed by atoms with Gasteiger partial charge in [0.2, 0.25) is 5.91 Å². The lowest BCUT2D eigenvalue weighted by Gasteiger charge is -2.10. The molecule has 1 unspecified atom stereocenters. The topological polar surface area (TPSA) is 54.0 Å². The van der Waals surface area contributed by atoms with Crippen LogP contribution in [-0.4, -0.2) is 24.0 Å². The molecule has 1 aromatic rings. The molecule has 0 saturated heterocycles. The first-order chi connectivity index (χ1) is 7.24. The van der Waals surface area contributed by atoms with E-state index in [1.807, 2.05) is 12.3 Å². The molecule has 0 aromatic carbocycles. The van der Waals surface area contributed by atoms with E-state index in [2.05, 4.69) is 22.5 Å². The summed E-state index contributed by atoms with van der Waals surface area (Å²) in [6, 6.07) is 0.222. The predicted molar refractivity (Wildman–Crippen MR) is 61.8 cm³/mol. The summed E-state index contributed by atoms with van der Waals surface area (Å²) in [6.07, 6.45) is 2.31. The fourth-order valence-electron chi connectivity index (χ4n) is 1.22. The number of thiazole rings is 1. The molecule has 0 spiro atoms. The highest BCUT2D eigenvalue weighted by atomic mass is 32.1. The van der Waals surface area contributed by atoms with Crippen molar-refractivity contribution in [3.63, 3.8) is 0 Å². The van der Waals surface area contributed by atoms with Crippen LogP contribution in [0.15, 0.2) is 11.6 Å². The number of nitrogens with zero attached hydrogens (tertiary/aromatic N) is 1. The van der Waals surface area contributed by atoms with Crippen molar-refractivity contribution in [2.45, 2.75) is 26.3 Å².